The van der Waals surface area contributed by atoms with Crippen LogP contribution in [-0.4, -0.2) is 12.5 Å². The maximum atomic E-state index is 13.8. The first-order chi connectivity index (χ1) is 9.50. The predicted molar refractivity (Wildman–Crippen MR) is 80.5 cm³/mol. The molecule has 1 saturated carbocycles. The van der Waals surface area contributed by atoms with E-state index >= 15 is 0 Å². The molecule has 0 unspecified atom stereocenters. The number of anilines is 1. The van der Waals surface area contributed by atoms with Gasteiger partial charge in [0.25, 0.3) is 5.91 Å². The minimum atomic E-state index is -0.374. The van der Waals surface area contributed by atoms with Crippen molar-refractivity contribution in [3.05, 3.63) is 28.9 Å². The second kappa shape index (κ2) is 4.74. The molecule has 5 heteroatoms. The predicted octanol–water partition coefficient (Wildman–Crippen LogP) is 3.54. The van der Waals surface area contributed by atoms with Crippen molar-refractivity contribution in [1.82, 2.24) is 5.32 Å². The zero-order valence-corrected chi connectivity index (χ0v) is 12.1. The van der Waals surface area contributed by atoms with Crippen molar-refractivity contribution in [2.24, 2.45) is 5.41 Å². The Kier molecular flexibility index (Phi) is 3.17. The van der Waals surface area contributed by atoms with Gasteiger partial charge in [-0.2, -0.15) is 0 Å². The summed E-state index contributed by atoms with van der Waals surface area (Å²) in [6.45, 7) is 2.83. The van der Waals surface area contributed by atoms with E-state index in [0.717, 1.165) is 12.8 Å². The molecule has 0 bridgehead atoms. The first-order valence-corrected chi connectivity index (χ1v) is 7.56. The molecule has 1 heterocycles. The number of carbonyl (C=O) groups is 1. The molecule has 20 heavy (non-hydrogen) atoms. The van der Waals surface area contributed by atoms with Gasteiger partial charge in [0.05, 0.1) is 11.1 Å². The molecule has 2 aromatic rings. The van der Waals surface area contributed by atoms with Gasteiger partial charge in [0.1, 0.15) is 10.7 Å². The fraction of sp³-hybridized carbons (Fsp3) is 0.400. The maximum absolute atomic E-state index is 13.8. The highest BCUT2D eigenvalue weighted by Gasteiger charge is 2.32. The third-order valence-electron chi connectivity index (χ3n) is 4.14. The third-order valence-corrected chi connectivity index (χ3v) is 5.31. The van der Waals surface area contributed by atoms with Crippen LogP contribution in [0.5, 0.6) is 0 Å². The topological polar surface area (TPSA) is 55.1 Å². The molecule has 0 radical (unpaired) electrons. The number of hydrogen-bond donors (Lipinski definition) is 2. The first-order valence-electron chi connectivity index (χ1n) is 6.75. The number of halogens is 1. The highest BCUT2D eigenvalue weighted by atomic mass is 32.1. The van der Waals surface area contributed by atoms with E-state index in [-0.39, 0.29) is 22.8 Å². The quantitative estimate of drug-likeness (QED) is 0.909. The number of benzene rings is 1. The summed E-state index contributed by atoms with van der Waals surface area (Å²) in [5, 5.41) is 3.29. The van der Waals surface area contributed by atoms with Crippen LogP contribution < -0.4 is 11.1 Å². The van der Waals surface area contributed by atoms with E-state index < -0.39 is 0 Å². The van der Waals surface area contributed by atoms with Gasteiger partial charge in [-0.3, -0.25) is 4.79 Å². The number of carbonyl (C=O) groups excluding carboxylic acids is 1. The molecule has 106 valence electrons. The summed E-state index contributed by atoms with van der Waals surface area (Å²) in [5.41, 5.74) is 6.40. The van der Waals surface area contributed by atoms with E-state index in [4.69, 9.17) is 5.73 Å². The molecule has 3 N–H and O–H groups in total. The van der Waals surface area contributed by atoms with Crippen LogP contribution in [0.15, 0.2) is 18.2 Å². The largest absolute Gasteiger partial charge is 0.397 e. The van der Waals surface area contributed by atoms with Crippen LogP contribution in [0.25, 0.3) is 10.1 Å². The Labute approximate surface area is 121 Å². The van der Waals surface area contributed by atoms with Gasteiger partial charge >= 0.3 is 0 Å². The van der Waals surface area contributed by atoms with Crippen LogP contribution in [0.3, 0.4) is 0 Å². The molecule has 3 rings (SSSR count). The Morgan fingerprint density at radius 2 is 2.25 bits per heavy atom. The number of nitrogen functional groups attached to an aromatic ring is 1. The summed E-state index contributed by atoms with van der Waals surface area (Å²) < 4.78 is 14.5. The lowest BCUT2D eigenvalue weighted by Crippen LogP contribution is -2.39. The van der Waals surface area contributed by atoms with Gasteiger partial charge in [-0.25, -0.2) is 4.39 Å². The molecule has 3 nitrogen and oxygen atoms in total. The summed E-state index contributed by atoms with van der Waals surface area (Å²) in [6, 6.07) is 4.77. The lowest BCUT2D eigenvalue weighted by atomic mass is 9.70. The van der Waals surface area contributed by atoms with Gasteiger partial charge in [-0.05, 0) is 30.4 Å². The Morgan fingerprint density at radius 1 is 1.50 bits per heavy atom. The van der Waals surface area contributed by atoms with Crippen molar-refractivity contribution in [2.45, 2.75) is 26.2 Å². The number of amides is 1. The van der Waals surface area contributed by atoms with Crippen molar-refractivity contribution >= 4 is 33.0 Å². The standard InChI is InChI=1S/C15H17FN2OS/c1-15(6-3-7-15)8-18-14(19)13-12(17)11-9(16)4-2-5-10(11)20-13/h2,4-5H,3,6-8,17H2,1H3,(H,18,19). The van der Waals surface area contributed by atoms with Gasteiger partial charge in [0, 0.05) is 11.2 Å². The number of hydrogen-bond acceptors (Lipinski definition) is 3. The number of nitrogens with two attached hydrogens (primary N) is 1. The van der Waals surface area contributed by atoms with Crippen LogP contribution in [0, 0.1) is 11.2 Å². The van der Waals surface area contributed by atoms with Crippen LogP contribution in [-0.2, 0) is 0 Å². The zero-order chi connectivity index (χ0) is 14.3. The lowest BCUT2D eigenvalue weighted by Gasteiger charge is -2.38. The number of fused-ring (bicyclic) bond motifs is 1. The Hall–Kier alpha value is -1.62. The SMILES string of the molecule is CC1(CNC(=O)c2sc3cccc(F)c3c2N)CCC1. The van der Waals surface area contributed by atoms with Gasteiger partial charge in [-0.15, -0.1) is 11.3 Å². The molecule has 1 aromatic carbocycles. The van der Waals surface area contributed by atoms with Crippen LogP contribution in [0.2, 0.25) is 0 Å². The molecular formula is C15H17FN2OS. The Morgan fingerprint density at radius 3 is 2.85 bits per heavy atom. The van der Waals surface area contributed by atoms with E-state index in [9.17, 15) is 9.18 Å². The molecule has 0 aliphatic heterocycles. The summed E-state index contributed by atoms with van der Waals surface area (Å²) in [7, 11) is 0. The van der Waals surface area contributed by atoms with E-state index in [2.05, 4.69) is 12.2 Å². The van der Waals surface area contributed by atoms with Gasteiger partial charge < -0.3 is 11.1 Å². The molecule has 0 atom stereocenters. The number of nitrogens with one attached hydrogen (secondary N) is 1. The Bertz CT molecular complexity index is 676. The van der Waals surface area contributed by atoms with Crippen molar-refractivity contribution in [1.29, 1.82) is 0 Å². The van der Waals surface area contributed by atoms with Crippen LogP contribution in [0.4, 0.5) is 10.1 Å². The monoisotopic (exact) mass is 292 g/mol. The highest BCUT2D eigenvalue weighted by Crippen LogP contribution is 2.40. The summed E-state index contributed by atoms with van der Waals surface area (Å²) >= 11 is 1.25. The van der Waals surface area contributed by atoms with Crippen molar-refractivity contribution in [2.75, 3.05) is 12.3 Å². The van der Waals surface area contributed by atoms with E-state index in [1.807, 2.05) is 0 Å². The summed E-state index contributed by atoms with van der Waals surface area (Å²) in [4.78, 5) is 12.6. The Balaban J connectivity index is 1.84. The molecule has 1 fully saturated rings. The first kappa shape index (κ1) is 13.4. The molecule has 1 aliphatic rings. The van der Waals surface area contributed by atoms with Gasteiger partial charge in [0.2, 0.25) is 0 Å². The van der Waals surface area contributed by atoms with Gasteiger partial charge in [-0.1, -0.05) is 19.4 Å². The van der Waals surface area contributed by atoms with Crippen molar-refractivity contribution in [3.8, 4) is 0 Å². The average Bonchev–Trinajstić information content (AvgIpc) is 2.72. The smallest absolute Gasteiger partial charge is 0.263 e. The van der Waals surface area contributed by atoms with Crippen LogP contribution >= 0.6 is 11.3 Å². The second-order valence-corrected chi connectivity index (χ2v) is 6.86. The molecule has 1 aromatic heterocycles. The second-order valence-electron chi connectivity index (χ2n) is 5.80. The maximum Gasteiger partial charge on any atom is 0.263 e. The van der Waals surface area contributed by atoms with Crippen LogP contribution in [0.1, 0.15) is 35.9 Å². The van der Waals surface area contributed by atoms with E-state index in [0.29, 0.717) is 21.5 Å². The van der Waals surface area contributed by atoms with E-state index in [1.54, 1.807) is 12.1 Å². The fourth-order valence-electron chi connectivity index (χ4n) is 2.63. The molecule has 1 amide bonds. The van der Waals surface area contributed by atoms with Gasteiger partial charge in [0.15, 0.2) is 0 Å². The van der Waals surface area contributed by atoms with Crippen molar-refractivity contribution < 1.29 is 9.18 Å². The normalized spacial score (nSPS) is 16.9. The number of rotatable bonds is 3. The number of thiophene rings is 1. The average molecular weight is 292 g/mol. The molecule has 1 aliphatic carbocycles. The minimum Gasteiger partial charge on any atom is -0.397 e. The summed E-state index contributed by atoms with van der Waals surface area (Å²) in [5.74, 6) is -0.572. The molecule has 0 spiro atoms. The molecular weight excluding hydrogens is 275 g/mol. The van der Waals surface area contributed by atoms with E-state index in [1.165, 1.54) is 23.8 Å². The summed E-state index contributed by atoms with van der Waals surface area (Å²) in [6.07, 6.45) is 3.51. The molecule has 0 saturated heterocycles. The fourth-order valence-corrected chi connectivity index (χ4v) is 3.68. The third kappa shape index (κ3) is 2.16. The minimum absolute atomic E-state index is 0.198. The highest BCUT2D eigenvalue weighted by molar-refractivity contribution is 7.21. The lowest BCUT2D eigenvalue weighted by molar-refractivity contribution is 0.0895. The van der Waals surface area contributed by atoms with Crippen molar-refractivity contribution in [3.63, 3.8) is 0 Å². The zero-order valence-electron chi connectivity index (χ0n) is 11.3.